The van der Waals surface area contributed by atoms with E-state index in [0.717, 1.165) is 51.3 Å². The molecule has 0 N–H and O–H groups in total. The number of aromatic nitrogens is 1. The number of allylic oxidation sites excluding steroid dienone is 1. The van der Waals surface area contributed by atoms with E-state index >= 15 is 0 Å². The van der Waals surface area contributed by atoms with Crippen molar-refractivity contribution in [2.24, 2.45) is 11.8 Å². The van der Waals surface area contributed by atoms with Crippen LogP contribution >= 0.6 is 0 Å². The second-order valence-electron chi connectivity index (χ2n) is 7.53. The molecule has 136 valence electrons. The van der Waals surface area contributed by atoms with Crippen LogP contribution in [0.2, 0.25) is 0 Å². The first kappa shape index (κ1) is 17.9. The van der Waals surface area contributed by atoms with Crippen molar-refractivity contribution in [2.45, 2.75) is 25.8 Å². The summed E-state index contributed by atoms with van der Waals surface area (Å²) in [6.07, 6.45) is 9.29. The number of piperidine rings is 1. The predicted octanol–water partition coefficient (Wildman–Crippen LogP) is 2.39. The van der Waals surface area contributed by atoms with Gasteiger partial charge in [-0.3, -0.25) is 9.69 Å². The summed E-state index contributed by atoms with van der Waals surface area (Å²) in [6.45, 7) is 3.81. The molecule has 1 atom stereocenters. The standard InChI is InChI=1S/C20H30N4O/c1-22(2)19-17(7-6-11-21-19)15-24-13-9-16(10-14-24)18-8-4-5-12-23(3)20(18)25/h4-7,11,16,18H,8-10,12-15H2,1-3H3/t18-/m1/s1. The molecule has 0 bridgehead atoms. The highest BCUT2D eigenvalue weighted by atomic mass is 16.2. The van der Waals surface area contributed by atoms with Gasteiger partial charge in [-0.05, 0) is 44.3 Å². The van der Waals surface area contributed by atoms with Crippen LogP contribution in [0.25, 0.3) is 0 Å². The van der Waals surface area contributed by atoms with E-state index in [9.17, 15) is 4.79 Å². The molecular weight excluding hydrogens is 312 g/mol. The number of anilines is 1. The molecule has 0 aromatic carbocycles. The minimum Gasteiger partial charge on any atom is -0.362 e. The zero-order chi connectivity index (χ0) is 17.8. The minimum atomic E-state index is 0.168. The Kier molecular flexibility index (Phi) is 5.74. The summed E-state index contributed by atoms with van der Waals surface area (Å²) < 4.78 is 0. The van der Waals surface area contributed by atoms with Crippen molar-refractivity contribution >= 4 is 11.7 Å². The fraction of sp³-hybridized carbons (Fsp3) is 0.600. The third-order valence-corrected chi connectivity index (χ3v) is 5.52. The smallest absolute Gasteiger partial charge is 0.226 e. The number of carbonyl (C=O) groups is 1. The number of nitrogens with zero attached hydrogens (tertiary/aromatic N) is 4. The second-order valence-corrected chi connectivity index (χ2v) is 7.53. The van der Waals surface area contributed by atoms with Crippen molar-refractivity contribution in [3.63, 3.8) is 0 Å². The maximum Gasteiger partial charge on any atom is 0.226 e. The van der Waals surface area contributed by atoms with Crippen molar-refractivity contribution in [1.29, 1.82) is 0 Å². The van der Waals surface area contributed by atoms with Gasteiger partial charge in [0.15, 0.2) is 0 Å². The predicted molar refractivity (Wildman–Crippen MR) is 101 cm³/mol. The topological polar surface area (TPSA) is 39.7 Å². The third kappa shape index (κ3) is 4.21. The van der Waals surface area contributed by atoms with Crippen molar-refractivity contribution in [1.82, 2.24) is 14.8 Å². The number of hydrogen-bond acceptors (Lipinski definition) is 4. The molecule has 3 heterocycles. The van der Waals surface area contributed by atoms with Gasteiger partial charge < -0.3 is 9.80 Å². The zero-order valence-electron chi connectivity index (χ0n) is 15.7. The van der Waals surface area contributed by atoms with E-state index in [1.165, 1.54) is 5.56 Å². The number of carbonyl (C=O) groups excluding carboxylic acids is 1. The van der Waals surface area contributed by atoms with Crippen LogP contribution in [0.3, 0.4) is 0 Å². The number of pyridine rings is 1. The SMILES string of the molecule is CN1CC=CC[C@H](C2CCN(Cc3cccnc3N(C)C)CC2)C1=O. The molecule has 0 saturated carbocycles. The summed E-state index contributed by atoms with van der Waals surface area (Å²) in [5, 5.41) is 0. The Morgan fingerprint density at radius 1 is 1.24 bits per heavy atom. The maximum absolute atomic E-state index is 12.6. The first-order valence-corrected chi connectivity index (χ1v) is 9.30. The van der Waals surface area contributed by atoms with Gasteiger partial charge in [-0.25, -0.2) is 4.98 Å². The van der Waals surface area contributed by atoms with Crippen molar-refractivity contribution in [2.75, 3.05) is 45.7 Å². The molecule has 1 amide bonds. The Hall–Kier alpha value is -1.88. The number of likely N-dealkylation sites (N-methyl/N-ethyl adjacent to an activating group) is 1. The zero-order valence-corrected chi connectivity index (χ0v) is 15.7. The van der Waals surface area contributed by atoms with Crippen LogP contribution in [0.1, 0.15) is 24.8 Å². The van der Waals surface area contributed by atoms with Crippen LogP contribution in [-0.2, 0) is 11.3 Å². The average molecular weight is 342 g/mol. The first-order chi connectivity index (χ1) is 12.1. The summed E-state index contributed by atoms with van der Waals surface area (Å²) in [6, 6.07) is 4.18. The number of rotatable bonds is 4. The molecule has 1 aromatic rings. The normalized spacial score (nSPS) is 22.9. The Balaban J connectivity index is 1.59. The minimum absolute atomic E-state index is 0.168. The molecule has 25 heavy (non-hydrogen) atoms. The van der Waals surface area contributed by atoms with Crippen LogP contribution < -0.4 is 4.90 Å². The Labute approximate surface area is 151 Å². The van der Waals surface area contributed by atoms with E-state index in [1.807, 2.05) is 38.3 Å². The van der Waals surface area contributed by atoms with Crippen molar-refractivity contribution < 1.29 is 4.79 Å². The highest BCUT2D eigenvalue weighted by Gasteiger charge is 2.33. The van der Waals surface area contributed by atoms with E-state index in [0.29, 0.717) is 11.8 Å². The fourth-order valence-corrected chi connectivity index (χ4v) is 4.05. The third-order valence-electron chi connectivity index (χ3n) is 5.52. The van der Waals surface area contributed by atoms with Crippen molar-refractivity contribution in [3.8, 4) is 0 Å². The van der Waals surface area contributed by atoms with Gasteiger partial charge in [-0.15, -0.1) is 0 Å². The van der Waals surface area contributed by atoms with Crippen molar-refractivity contribution in [3.05, 3.63) is 36.0 Å². The van der Waals surface area contributed by atoms with E-state index in [2.05, 4.69) is 33.0 Å². The number of hydrogen-bond donors (Lipinski definition) is 0. The van der Waals surface area contributed by atoms with Crippen LogP contribution in [0.4, 0.5) is 5.82 Å². The lowest BCUT2D eigenvalue weighted by molar-refractivity contribution is -0.135. The summed E-state index contributed by atoms with van der Waals surface area (Å²) in [5.41, 5.74) is 1.28. The molecule has 5 heteroatoms. The molecule has 1 aromatic heterocycles. The molecule has 1 fully saturated rings. The molecule has 0 unspecified atom stereocenters. The number of amides is 1. The van der Waals surface area contributed by atoms with E-state index < -0.39 is 0 Å². The first-order valence-electron chi connectivity index (χ1n) is 9.30. The summed E-state index contributed by atoms with van der Waals surface area (Å²) in [5.74, 6) is 2.05. The Morgan fingerprint density at radius 2 is 2.00 bits per heavy atom. The van der Waals surface area contributed by atoms with Gasteiger partial charge in [-0.2, -0.15) is 0 Å². The molecule has 1 saturated heterocycles. The molecular formula is C20H30N4O. The maximum atomic E-state index is 12.6. The highest BCUT2D eigenvalue weighted by Crippen LogP contribution is 2.31. The lowest BCUT2D eigenvalue weighted by atomic mass is 9.81. The van der Waals surface area contributed by atoms with Gasteiger partial charge in [-0.1, -0.05) is 18.2 Å². The molecule has 0 spiro atoms. The summed E-state index contributed by atoms with van der Waals surface area (Å²) in [4.78, 5) is 23.6. The van der Waals surface area contributed by atoms with Gasteiger partial charge in [0.1, 0.15) is 5.82 Å². The second kappa shape index (κ2) is 8.00. The molecule has 3 rings (SSSR count). The highest BCUT2D eigenvalue weighted by molar-refractivity contribution is 5.79. The lowest BCUT2D eigenvalue weighted by Crippen LogP contribution is -2.41. The molecule has 0 radical (unpaired) electrons. The monoisotopic (exact) mass is 342 g/mol. The van der Waals surface area contributed by atoms with Crippen LogP contribution in [-0.4, -0.2) is 61.5 Å². The fourth-order valence-electron chi connectivity index (χ4n) is 4.05. The Bertz CT molecular complexity index is 620. The van der Waals surface area contributed by atoms with Gasteiger partial charge >= 0.3 is 0 Å². The average Bonchev–Trinajstić information content (AvgIpc) is 2.78. The summed E-state index contributed by atoms with van der Waals surface area (Å²) in [7, 11) is 6.00. The number of likely N-dealkylation sites (tertiary alicyclic amines) is 1. The van der Waals surface area contributed by atoms with Crippen LogP contribution in [0, 0.1) is 11.8 Å². The molecule has 0 aliphatic carbocycles. The van der Waals surface area contributed by atoms with E-state index in [1.54, 1.807) is 0 Å². The quantitative estimate of drug-likeness (QED) is 0.788. The van der Waals surface area contributed by atoms with Gasteiger partial charge in [0, 0.05) is 51.9 Å². The van der Waals surface area contributed by atoms with E-state index in [4.69, 9.17) is 0 Å². The molecule has 2 aliphatic rings. The Morgan fingerprint density at radius 3 is 2.72 bits per heavy atom. The largest absolute Gasteiger partial charge is 0.362 e. The van der Waals surface area contributed by atoms with Crippen LogP contribution in [0.15, 0.2) is 30.5 Å². The van der Waals surface area contributed by atoms with Crippen LogP contribution in [0.5, 0.6) is 0 Å². The van der Waals surface area contributed by atoms with Gasteiger partial charge in [0.05, 0.1) is 0 Å². The van der Waals surface area contributed by atoms with E-state index in [-0.39, 0.29) is 5.92 Å². The van der Waals surface area contributed by atoms with Gasteiger partial charge in [0.2, 0.25) is 5.91 Å². The summed E-state index contributed by atoms with van der Waals surface area (Å²) >= 11 is 0. The lowest BCUT2D eigenvalue weighted by Gasteiger charge is -2.36. The van der Waals surface area contributed by atoms with Gasteiger partial charge in [0.25, 0.3) is 0 Å². The molecule has 5 nitrogen and oxygen atoms in total. The molecule has 2 aliphatic heterocycles.